The molecule has 1 aromatic heterocycles. The van der Waals surface area contributed by atoms with Crippen LogP contribution in [0, 0.1) is 18.8 Å². The van der Waals surface area contributed by atoms with Gasteiger partial charge in [-0.15, -0.1) is 11.6 Å². The van der Waals surface area contributed by atoms with Crippen molar-refractivity contribution in [1.29, 1.82) is 0 Å². The van der Waals surface area contributed by atoms with Crippen LogP contribution in [0.5, 0.6) is 0 Å². The second kappa shape index (κ2) is 5.66. The number of aryl methyl sites for hydroxylation is 1. The summed E-state index contributed by atoms with van der Waals surface area (Å²) >= 11 is 5.87. The van der Waals surface area contributed by atoms with Crippen LogP contribution in [-0.4, -0.2) is 35.5 Å². The van der Waals surface area contributed by atoms with Crippen molar-refractivity contribution in [3.8, 4) is 0 Å². The number of hydrogen-bond donors (Lipinski definition) is 1. The molecule has 1 saturated heterocycles. The second-order valence-electron chi connectivity index (χ2n) is 5.90. The van der Waals surface area contributed by atoms with E-state index >= 15 is 0 Å². The van der Waals surface area contributed by atoms with Gasteiger partial charge in [0, 0.05) is 23.8 Å². The van der Waals surface area contributed by atoms with E-state index in [2.05, 4.69) is 24.0 Å². The van der Waals surface area contributed by atoms with E-state index < -0.39 is 10.0 Å². The van der Waals surface area contributed by atoms with Gasteiger partial charge in [0.05, 0.1) is 5.88 Å². The third-order valence-electron chi connectivity index (χ3n) is 4.27. The lowest BCUT2D eigenvalue weighted by Crippen LogP contribution is -2.48. The van der Waals surface area contributed by atoms with Gasteiger partial charge in [-0.1, -0.05) is 13.8 Å². The lowest BCUT2D eigenvalue weighted by molar-refractivity contribution is 0.157. The van der Waals surface area contributed by atoms with Gasteiger partial charge >= 0.3 is 0 Å². The summed E-state index contributed by atoms with van der Waals surface area (Å²) in [5.41, 5.74) is 1.29. The number of sulfonamides is 1. The highest BCUT2D eigenvalue weighted by atomic mass is 35.5. The molecule has 0 radical (unpaired) electrons. The maximum absolute atomic E-state index is 12.9. The van der Waals surface area contributed by atoms with Gasteiger partial charge < -0.3 is 0 Å². The van der Waals surface area contributed by atoms with E-state index in [-0.39, 0.29) is 16.9 Å². The number of nitrogens with zero attached hydrogens (tertiary/aromatic N) is 2. The van der Waals surface area contributed by atoms with Crippen LogP contribution >= 0.6 is 11.6 Å². The zero-order valence-electron chi connectivity index (χ0n) is 12.4. The normalized spacial score (nSPS) is 28.8. The summed E-state index contributed by atoms with van der Waals surface area (Å²) in [4.78, 5) is 0. The molecule has 5 nitrogen and oxygen atoms in total. The Kier molecular flexibility index (Phi) is 4.47. The van der Waals surface area contributed by atoms with E-state index in [4.69, 9.17) is 11.6 Å². The van der Waals surface area contributed by atoms with Crippen molar-refractivity contribution < 1.29 is 8.42 Å². The SMILES string of the molecule is Cc1[nH]nc(S(=O)(=O)N2CC(C)CC(C)C2C)c1CCl. The van der Waals surface area contributed by atoms with Crippen molar-refractivity contribution in [2.24, 2.45) is 11.8 Å². The van der Waals surface area contributed by atoms with Crippen LogP contribution in [0.4, 0.5) is 0 Å². The van der Waals surface area contributed by atoms with Gasteiger partial charge in [-0.25, -0.2) is 8.42 Å². The number of nitrogens with one attached hydrogen (secondary N) is 1. The first kappa shape index (κ1) is 15.8. The Morgan fingerprint density at radius 2 is 2.05 bits per heavy atom. The number of H-pyrrole nitrogens is 1. The van der Waals surface area contributed by atoms with Crippen LogP contribution in [0.3, 0.4) is 0 Å². The minimum atomic E-state index is -3.59. The van der Waals surface area contributed by atoms with Gasteiger partial charge in [0.25, 0.3) is 10.0 Å². The molecule has 0 amide bonds. The summed E-state index contributed by atoms with van der Waals surface area (Å²) in [5, 5.41) is 6.79. The van der Waals surface area contributed by atoms with Crippen molar-refractivity contribution in [3.63, 3.8) is 0 Å². The van der Waals surface area contributed by atoms with Crippen molar-refractivity contribution in [2.45, 2.75) is 51.1 Å². The maximum atomic E-state index is 12.9. The van der Waals surface area contributed by atoms with E-state index in [0.29, 0.717) is 29.6 Å². The average molecular weight is 320 g/mol. The zero-order chi connectivity index (χ0) is 15.1. The van der Waals surface area contributed by atoms with E-state index in [9.17, 15) is 8.42 Å². The van der Waals surface area contributed by atoms with Crippen LogP contribution in [0.15, 0.2) is 5.03 Å². The largest absolute Gasteiger partial charge is 0.281 e. The van der Waals surface area contributed by atoms with Crippen molar-refractivity contribution in [3.05, 3.63) is 11.3 Å². The fourth-order valence-electron chi connectivity index (χ4n) is 2.89. The summed E-state index contributed by atoms with van der Waals surface area (Å²) in [6.45, 7) is 8.48. The predicted octanol–water partition coefficient (Wildman–Crippen LogP) is 2.51. The first-order chi connectivity index (χ1) is 9.28. The number of rotatable bonds is 3. The zero-order valence-corrected chi connectivity index (χ0v) is 13.9. The monoisotopic (exact) mass is 319 g/mol. The molecule has 0 spiro atoms. The third-order valence-corrected chi connectivity index (χ3v) is 6.46. The maximum Gasteiger partial charge on any atom is 0.262 e. The quantitative estimate of drug-likeness (QED) is 0.871. The number of aromatic amines is 1. The molecule has 3 atom stereocenters. The predicted molar refractivity (Wildman–Crippen MR) is 79.2 cm³/mol. The molecule has 3 unspecified atom stereocenters. The fourth-order valence-corrected chi connectivity index (χ4v) is 5.31. The molecule has 1 aromatic rings. The molecular weight excluding hydrogens is 298 g/mol. The molecule has 0 aliphatic carbocycles. The molecule has 1 N–H and O–H groups in total. The molecule has 7 heteroatoms. The van der Waals surface area contributed by atoms with Crippen LogP contribution < -0.4 is 0 Å². The van der Waals surface area contributed by atoms with Crippen molar-refractivity contribution >= 4 is 21.6 Å². The van der Waals surface area contributed by atoms with Crippen molar-refractivity contribution in [1.82, 2.24) is 14.5 Å². The van der Waals surface area contributed by atoms with Crippen LogP contribution in [0.1, 0.15) is 38.4 Å². The van der Waals surface area contributed by atoms with Crippen LogP contribution in [-0.2, 0) is 15.9 Å². The molecule has 2 heterocycles. The van der Waals surface area contributed by atoms with Crippen LogP contribution in [0.25, 0.3) is 0 Å². The van der Waals surface area contributed by atoms with Gasteiger partial charge in [0.1, 0.15) is 0 Å². The first-order valence-corrected chi connectivity index (χ1v) is 8.88. The lowest BCUT2D eigenvalue weighted by Gasteiger charge is -2.39. The highest BCUT2D eigenvalue weighted by Gasteiger charge is 2.39. The summed E-state index contributed by atoms with van der Waals surface area (Å²) < 4.78 is 27.3. The third kappa shape index (κ3) is 2.61. The molecule has 0 saturated carbocycles. The van der Waals surface area contributed by atoms with Gasteiger partial charge in [-0.3, -0.25) is 5.10 Å². The molecule has 114 valence electrons. The van der Waals surface area contributed by atoms with Gasteiger partial charge in [0.2, 0.25) is 0 Å². The molecule has 0 aromatic carbocycles. The number of halogens is 1. The Hall–Kier alpha value is -0.590. The number of piperidine rings is 1. The summed E-state index contributed by atoms with van der Waals surface area (Å²) in [7, 11) is -3.59. The number of hydrogen-bond acceptors (Lipinski definition) is 3. The Morgan fingerprint density at radius 1 is 1.40 bits per heavy atom. The minimum absolute atomic E-state index is 0.0172. The standard InChI is InChI=1S/C13H22ClN3O2S/c1-8-5-9(2)11(4)17(7-8)20(18,19)13-12(6-14)10(3)15-16-13/h8-9,11H,5-7H2,1-4H3,(H,15,16). The molecular formula is C13H22ClN3O2S. The summed E-state index contributed by atoms with van der Waals surface area (Å²) in [5.74, 6) is 0.841. The minimum Gasteiger partial charge on any atom is -0.281 e. The highest BCUT2D eigenvalue weighted by molar-refractivity contribution is 7.89. The van der Waals surface area contributed by atoms with E-state index in [1.54, 1.807) is 11.2 Å². The average Bonchev–Trinajstić information content (AvgIpc) is 2.75. The smallest absolute Gasteiger partial charge is 0.262 e. The molecule has 1 aliphatic rings. The lowest BCUT2D eigenvalue weighted by atomic mass is 9.88. The molecule has 1 fully saturated rings. The number of aromatic nitrogens is 2. The van der Waals surface area contributed by atoms with Gasteiger partial charge in [-0.2, -0.15) is 9.40 Å². The van der Waals surface area contributed by atoms with Gasteiger partial charge in [-0.05, 0) is 32.1 Å². The topological polar surface area (TPSA) is 66.1 Å². The Labute approximate surface area is 125 Å². The Bertz CT molecular complexity index is 584. The second-order valence-corrected chi connectivity index (χ2v) is 7.97. The van der Waals surface area contributed by atoms with Gasteiger partial charge in [0.15, 0.2) is 5.03 Å². The van der Waals surface area contributed by atoms with Crippen LogP contribution in [0.2, 0.25) is 0 Å². The molecule has 0 bridgehead atoms. The molecule has 20 heavy (non-hydrogen) atoms. The Balaban J connectivity index is 2.43. The van der Waals surface area contributed by atoms with Crippen molar-refractivity contribution in [2.75, 3.05) is 6.54 Å². The summed E-state index contributed by atoms with van der Waals surface area (Å²) in [6, 6.07) is -0.0172. The Morgan fingerprint density at radius 3 is 2.65 bits per heavy atom. The van der Waals surface area contributed by atoms with E-state index in [1.807, 2.05) is 6.92 Å². The van der Waals surface area contributed by atoms with E-state index in [1.165, 1.54) is 0 Å². The van der Waals surface area contributed by atoms with E-state index in [0.717, 1.165) is 6.42 Å². The first-order valence-electron chi connectivity index (χ1n) is 6.90. The number of alkyl halides is 1. The fraction of sp³-hybridized carbons (Fsp3) is 0.769. The summed E-state index contributed by atoms with van der Waals surface area (Å²) in [6.07, 6.45) is 1.05. The highest BCUT2D eigenvalue weighted by Crippen LogP contribution is 2.32. The molecule has 1 aliphatic heterocycles. The molecule has 2 rings (SSSR count).